The predicted octanol–water partition coefficient (Wildman–Crippen LogP) is 4.51. The van der Waals surface area contributed by atoms with Crippen LogP contribution in [-0.4, -0.2) is 23.8 Å². The highest BCUT2D eigenvalue weighted by Gasteiger charge is 2.27. The van der Waals surface area contributed by atoms with Crippen molar-refractivity contribution in [3.05, 3.63) is 28.8 Å². The molecule has 1 aromatic carbocycles. The van der Waals surface area contributed by atoms with Gasteiger partial charge in [0.2, 0.25) is 0 Å². The van der Waals surface area contributed by atoms with E-state index in [0.717, 1.165) is 35.5 Å². The summed E-state index contributed by atoms with van der Waals surface area (Å²) < 4.78 is 5.30. The molecule has 0 heterocycles. The van der Waals surface area contributed by atoms with E-state index < -0.39 is 5.60 Å². The molecule has 2 unspecified atom stereocenters. The molecule has 2 N–H and O–H groups in total. The average molecular weight is 325 g/mol. The van der Waals surface area contributed by atoms with E-state index in [4.69, 9.17) is 16.3 Å². The molecule has 4 nitrogen and oxygen atoms in total. The quantitative estimate of drug-likeness (QED) is 0.860. The number of carbonyl (C=O) groups excluding carboxylic acids is 1. The first-order chi connectivity index (χ1) is 10.2. The molecule has 1 aliphatic carbocycles. The lowest BCUT2D eigenvalue weighted by atomic mass is 10.1. The second-order valence-electron chi connectivity index (χ2n) is 6.96. The van der Waals surface area contributed by atoms with Crippen LogP contribution in [0.15, 0.2) is 18.2 Å². The van der Waals surface area contributed by atoms with Gasteiger partial charge in [-0.3, -0.25) is 0 Å². The zero-order valence-electron chi connectivity index (χ0n) is 13.7. The molecule has 1 saturated carbocycles. The van der Waals surface area contributed by atoms with Crippen molar-refractivity contribution in [3.8, 4) is 0 Å². The number of aryl methyl sites for hydroxylation is 1. The molecule has 1 fully saturated rings. The highest BCUT2D eigenvalue weighted by atomic mass is 35.5. The third-order valence-electron chi connectivity index (χ3n) is 3.70. The van der Waals surface area contributed by atoms with Gasteiger partial charge in [0.25, 0.3) is 0 Å². The largest absolute Gasteiger partial charge is 0.444 e. The molecular formula is C17H25ClN2O2. The fourth-order valence-corrected chi connectivity index (χ4v) is 2.95. The summed E-state index contributed by atoms with van der Waals surface area (Å²) in [7, 11) is 0. The Hall–Kier alpha value is -1.42. The van der Waals surface area contributed by atoms with Gasteiger partial charge in [0.15, 0.2) is 0 Å². The van der Waals surface area contributed by atoms with E-state index in [2.05, 4.69) is 10.6 Å². The van der Waals surface area contributed by atoms with Crippen molar-refractivity contribution in [2.45, 2.75) is 64.6 Å². The van der Waals surface area contributed by atoms with Crippen LogP contribution in [0.4, 0.5) is 10.5 Å². The average Bonchev–Trinajstić information content (AvgIpc) is 2.77. The van der Waals surface area contributed by atoms with Crippen molar-refractivity contribution >= 4 is 23.4 Å². The number of carbonyl (C=O) groups is 1. The molecule has 0 bridgehead atoms. The lowest BCUT2D eigenvalue weighted by Crippen LogP contribution is -2.38. The molecule has 0 radical (unpaired) electrons. The third-order valence-corrected chi connectivity index (χ3v) is 3.94. The predicted molar refractivity (Wildman–Crippen MR) is 90.6 cm³/mol. The van der Waals surface area contributed by atoms with E-state index in [-0.39, 0.29) is 12.1 Å². The highest BCUT2D eigenvalue weighted by molar-refractivity contribution is 6.30. The minimum atomic E-state index is -0.458. The van der Waals surface area contributed by atoms with Crippen LogP contribution in [0, 0.1) is 6.92 Å². The number of rotatable bonds is 3. The van der Waals surface area contributed by atoms with Crippen LogP contribution >= 0.6 is 11.6 Å². The second kappa shape index (κ2) is 6.78. The van der Waals surface area contributed by atoms with Gasteiger partial charge in [-0.15, -0.1) is 0 Å². The fourth-order valence-electron chi connectivity index (χ4n) is 2.73. The second-order valence-corrected chi connectivity index (χ2v) is 7.39. The molecule has 0 aromatic heterocycles. The number of hydrogen-bond acceptors (Lipinski definition) is 3. The van der Waals surface area contributed by atoms with Crippen LogP contribution in [0.1, 0.15) is 45.6 Å². The van der Waals surface area contributed by atoms with Gasteiger partial charge in [-0.2, -0.15) is 0 Å². The van der Waals surface area contributed by atoms with E-state index in [9.17, 15) is 4.79 Å². The van der Waals surface area contributed by atoms with Gasteiger partial charge in [-0.05, 0) is 70.7 Å². The molecule has 1 aliphatic rings. The van der Waals surface area contributed by atoms with Gasteiger partial charge < -0.3 is 15.4 Å². The smallest absolute Gasteiger partial charge is 0.407 e. The van der Waals surface area contributed by atoms with Gasteiger partial charge in [-0.25, -0.2) is 4.79 Å². The number of benzene rings is 1. The number of halogens is 1. The maximum Gasteiger partial charge on any atom is 0.407 e. The fraction of sp³-hybridized carbons (Fsp3) is 0.588. The van der Waals surface area contributed by atoms with Gasteiger partial charge in [0.1, 0.15) is 5.60 Å². The molecule has 5 heteroatoms. The Labute approximate surface area is 137 Å². The van der Waals surface area contributed by atoms with Gasteiger partial charge >= 0.3 is 6.09 Å². The molecular weight excluding hydrogens is 300 g/mol. The van der Waals surface area contributed by atoms with E-state index in [0.29, 0.717) is 6.04 Å². The van der Waals surface area contributed by atoms with Crippen molar-refractivity contribution in [1.29, 1.82) is 0 Å². The molecule has 0 aliphatic heterocycles. The summed E-state index contributed by atoms with van der Waals surface area (Å²) in [6.07, 6.45) is 2.56. The van der Waals surface area contributed by atoms with Crippen molar-refractivity contribution in [3.63, 3.8) is 0 Å². The van der Waals surface area contributed by atoms with E-state index in [1.165, 1.54) is 0 Å². The Balaban J connectivity index is 1.84. The van der Waals surface area contributed by atoms with Crippen molar-refractivity contribution in [2.75, 3.05) is 5.32 Å². The van der Waals surface area contributed by atoms with Crippen LogP contribution < -0.4 is 10.6 Å². The van der Waals surface area contributed by atoms with Crippen molar-refractivity contribution < 1.29 is 9.53 Å². The number of ether oxygens (including phenoxy) is 1. The number of alkyl carbamates (subject to hydrolysis) is 1. The number of amides is 1. The lowest BCUT2D eigenvalue weighted by Gasteiger charge is -2.22. The summed E-state index contributed by atoms with van der Waals surface area (Å²) in [5, 5.41) is 7.24. The number of nitrogens with one attached hydrogen (secondary N) is 2. The minimum Gasteiger partial charge on any atom is -0.444 e. The van der Waals surface area contributed by atoms with Crippen LogP contribution in [0.3, 0.4) is 0 Å². The molecule has 0 spiro atoms. The molecule has 1 amide bonds. The van der Waals surface area contributed by atoms with Crippen molar-refractivity contribution in [1.82, 2.24) is 5.32 Å². The van der Waals surface area contributed by atoms with Crippen LogP contribution in [0.5, 0.6) is 0 Å². The molecule has 1 aromatic rings. The van der Waals surface area contributed by atoms with Gasteiger partial charge in [0, 0.05) is 22.8 Å². The topological polar surface area (TPSA) is 50.4 Å². The lowest BCUT2D eigenvalue weighted by molar-refractivity contribution is 0.0505. The third kappa shape index (κ3) is 5.09. The Morgan fingerprint density at radius 1 is 1.27 bits per heavy atom. The first-order valence-corrected chi connectivity index (χ1v) is 8.13. The van der Waals surface area contributed by atoms with E-state index in [1.54, 1.807) is 0 Å². The van der Waals surface area contributed by atoms with Crippen LogP contribution in [0.2, 0.25) is 5.02 Å². The zero-order chi connectivity index (χ0) is 16.3. The molecule has 22 heavy (non-hydrogen) atoms. The summed E-state index contributed by atoms with van der Waals surface area (Å²) in [6, 6.07) is 6.38. The Kier molecular flexibility index (Phi) is 5.22. The zero-order valence-corrected chi connectivity index (χ0v) is 14.5. The molecule has 122 valence electrons. The summed E-state index contributed by atoms with van der Waals surface area (Å²) in [5.41, 5.74) is 1.78. The Morgan fingerprint density at radius 2 is 1.95 bits per heavy atom. The summed E-state index contributed by atoms with van der Waals surface area (Å²) in [4.78, 5) is 11.8. The number of anilines is 1. The van der Waals surface area contributed by atoms with E-state index >= 15 is 0 Å². The normalized spacial score (nSPS) is 21.5. The summed E-state index contributed by atoms with van der Waals surface area (Å²) in [6.45, 7) is 7.65. The van der Waals surface area contributed by atoms with Crippen molar-refractivity contribution in [2.24, 2.45) is 0 Å². The van der Waals surface area contributed by atoms with E-state index in [1.807, 2.05) is 45.9 Å². The molecule has 2 rings (SSSR count). The van der Waals surface area contributed by atoms with Gasteiger partial charge in [-0.1, -0.05) is 11.6 Å². The first kappa shape index (κ1) is 16.9. The Morgan fingerprint density at radius 3 is 2.59 bits per heavy atom. The minimum absolute atomic E-state index is 0.167. The number of hydrogen-bond donors (Lipinski definition) is 2. The van der Waals surface area contributed by atoms with Gasteiger partial charge in [0.05, 0.1) is 0 Å². The first-order valence-electron chi connectivity index (χ1n) is 7.75. The molecule has 2 atom stereocenters. The summed E-state index contributed by atoms with van der Waals surface area (Å²) >= 11 is 5.98. The van der Waals surface area contributed by atoms with Crippen LogP contribution in [0.25, 0.3) is 0 Å². The maximum absolute atomic E-state index is 11.8. The molecule has 0 saturated heterocycles. The summed E-state index contributed by atoms with van der Waals surface area (Å²) in [5.74, 6) is 0. The monoisotopic (exact) mass is 324 g/mol. The Bertz CT molecular complexity index is 540. The highest BCUT2D eigenvalue weighted by Crippen LogP contribution is 2.26. The van der Waals surface area contributed by atoms with Crippen LogP contribution in [-0.2, 0) is 4.74 Å². The SMILES string of the molecule is Cc1cc(Cl)ccc1NC1CCC(NC(=O)OC(C)(C)C)C1. The standard InChI is InChI=1S/C17H25ClN2O2/c1-11-9-12(18)5-8-15(11)19-13-6-7-14(10-13)20-16(21)22-17(2,3)4/h5,8-9,13-14,19H,6-7,10H2,1-4H3,(H,20,21). The maximum atomic E-state index is 11.8.